The van der Waals surface area contributed by atoms with Crippen LogP contribution in [-0.2, 0) is 23.6 Å². The van der Waals surface area contributed by atoms with Gasteiger partial charge in [-0.2, -0.15) is 0 Å². The van der Waals surface area contributed by atoms with E-state index in [0.717, 1.165) is 43.2 Å². The third kappa shape index (κ3) is 7.43. The number of carbonyl (C=O) groups excluding carboxylic acids is 2. The van der Waals surface area contributed by atoms with Crippen LogP contribution in [0, 0.1) is 12.3 Å². The highest BCUT2D eigenvalue weighted by atomic mass is 19.3. The molecule has 6 nitrogen and oxygen atoms in total. The molecule has 2 atom stereocenters. The molecule has 0 saturated heterocycles. The molecular formula is C31H40F2N4O2. The Bertz CT molecular complexity index is 1270. The molecule has 4 N–H and O–H groups in total. The topological polar surface area (TPSA) is 96.6 Å². The summed E-state index contributed by atoms with van der Waals surface area (Å²) in [7, 11) is 0. The average Bonchev–Trinajstić information content (AvgIpc) is 3.15. The lowest BCUT2D eigenvalue weighted by molar-refractivity contribution is -0.120. The molecule has 2 aliphatic rings. The maximum Gasteiger partial charge on any atom is 0.273 e. The number of fused-ring (bicyclic) bond motifs is 1. The van der Waals surface area contributed by atoms with Crippen molar-refractivity contribution in [1.82, 2.24) is 10.6 Å². The first-order valence-corrected chi connectivity index (χ1v) is 13.9. The zero-order valence-electron chi connectivity index (χ0n) is 23.4. The molecule has 0 radical (unpaired) electrons. The van der Waals surface area contributed by atoms with E-state index in [9.17, 15) is 18.4 Å². The van der Waals surface area contributed by atoms with Crippen LogP contribution in [0.25, 0.3) is 0 Å². The molecule has 39 heavy (non-hydrogen) atoms. The quantitative estimate of drug-likeness (QED) is 0.349. The van der Waals surface area contributed by atoms with Gasteiger partial charge in [0.05, 0.1) is 12.1 Å². The number of alkyl halides is 2. The Balaban J connectivity index is 1.45. The summed E-state index contributed by atoms with van der Waals surface area (Å²) in [5.41, 5.74) is 10.00. The Labute approximate surface area is 229 Å². The largest absolute Gasteiger partial charge is 0.370 e. The van der Waals surface area contributed by atoms with Crippen LogP contribution in [0.3, 0.4) is 0 Å². The predicted octanol–water partition coefficient (Wildman–Crippen LogP) is 5.86. The van der Waals surface area contributed by atoms with Crippen molar-refractivity contribution in [2.24, 2.45) is 16.1 Å². The molecule has 1 heterocycles. The van der Waals surface area contributed by atoms with E-state index in [0.29, 0.717) is 17.5 Å². The summed E-state index contributed by atoms with van der Waals surface area (Å²) in [5.74, 6) is -2.95. The second-order valence-electron chi connectivity index (χ2n) is 12.2. The van der Waals surface area contributed by atoms with Gasteiger partial charge in [-0.15, -0.1) is 0 Å². The van der Waals surface area contributed by atoms with Crippen LogP contribution in [0.15, 0.2) is 41.4 Å². The summed E-state index contributed by atoms with van der Waals surface area (Å²) in [6.07, 6.45) is 4.74. The third-order valence-corrected chi connectivity index (χ3v) is 7.57. The molecule has 8 heteroatoms. The molecule has 1 aliphatic heterocycles. The van der Waals surface area contributed by atoms with Gasteiger partial charge in [-0.05, 0) is 78.8 Å². The van der Waals surface area contributed by atoms with E-state index in [1.807, 2.05) is 0 Å². The maximum absolute atomic E-state index is 14.1. The van der Waals surface area contributed by atoms with E-state index in [1.54, 1.807) is 6.07 Å². The molecule has 0 bridgehead atoms. The van der Waals surface area contributed by atoms with Crippen LogP contribution in [-0.4, -0.2) is 23.8 Å². The van der Waals surface area contributed by atoms with E-state index in [1.165, 1.54) is 17.7 Å². The number of guanidine groups is 1. The van der Waals surface area contributed by atoms with Crippen molar-refractivity contribution in [3.05, 3.63) is 69.8 Å². The van der Waals surface area contributed by atoms with E-state index in [2.05, 4.69) is 61.5 Å². The lowest BCUT2D eigenvalue weighted by Gasteiger charge is -2.29. The summed E-state index contributed by atoms with van der Waals surface area (Å²) < 4.78 is 28.2. The number of aliphatic imine (C=N–C) groups is 1. The first-order chi connectivity index (χ1) is 18.3. The van der Waals surface area contributed by atoms with Gasteiger partial charge in [0.25, 0.3) is 11.8 Å². The Morgan fingerprint density at radius 2 is 1.97 bits per heavy atom. The second kappa shape index (κ2) is 11.4. The number of benzene rings is 2. The molecule has 0 spiro atoms. The van der Waals surface area contributed by atoms with Crippen molar-refractivity contribution in [1.29, 1.82) is 0 Å². The second-order valence-corrected chi connectivity index (χ2v) is 12.2. The third-order valence-electron chi connectivity index (χ3n) is 7.57. The highest BCUT2D eigenvalue weighted by Gasteiger charge is 2.39. The monoisotopic (exact) mass is 538 g/mol. The molecule has 2 unspecified atom stereocenters. The number of hydrogen-bond acceptors (Lipinski definition) is 4. The Morgan fingerprint density at radius 3 is 2.69 bits per heavy atom. The number of nitrogens with zero attached hydrogens (tertiary/aromatic N) is 1. The number of carbonyl (C=O) groups is 2. The fourth-order valence-electron chi connectivity index (χ4n) is 5.60. The van der Waals surface area contributed by atoms with Crippen molar-refractivity contribution in [3.63, 3.8) is 0 Å². The fraction of sp³-hybridized carbons (Fsp3) is 0.516. The zero-order chi connectivity index (χ0) is 28.4. The molecule has 1 aliphatic carbocycles. The van der Waals surface area contributed by atoms with Gasteiger partial charge >= 0.3 is 0 Å². The molecule has 210 valence electrons. The molecule has 2 aromatic rings. The van der Waals surface area contributed by atoms with Crippen molar-refractivity contribution in [2.75, 3.05) is 0 Å². The number of amides is 2. The first kappa shape index (κ1) is 28.7. The van der Waals surface area contributed by atoms with Crippen molar-refractivity contribution in [2.45, 2.75) is 97.1 Å². The molecular weight excluding hydrogens is 498 g/mol. The molecule has 0 fully saturated rings. The van der Waals surface area contributed by atoms with Crippen molar-refractivity contribution < 1.29 is 18.4 Å². The van der Waals surface area contributed by atoms with Crippen LogP contribution in [0.4, 0.5) is 8.78 Å². The lowest BCUT2D eigenvalue weighted by atomic mass is 9.83. The van der Waals surface area contributed by atoms with E-state index in [-0.39, 0.29) is 53.7 Å². The van der Waals surface area contributed by atoms with Crippen LogP contribution in [0.2, 0.25) is 0 Å². The van der Waals surface area contributed by atoms with E-state index < -0.39 is 5.92 Å². The molecule has 4 rings (SSSR count). The SMILES string of the molecule is Cc1ccc(CCCCC2CC(=O)NC(N)=N2)cc1C(CC(C)(C)C)NC(=O)c1ccc2c(c1)CCC2(F)F. The number of hydrogen-bond donors (Lipinski definition) is 3. The minimum absolute atomic E-state index is 0.0378. The van der Waals surface area contributed by atoms with Gasteiger partial charge < -0.3 is 11.1 Å². The van der Waals surface area contributed by atoms with E-state index >= 15 is 0 Å². The summed E-state index contributed by atoms with van der Waals surface area (Å²) >= 11 is 0. The fourth-order valence-corrected chi connectivity index (χ4v) is 5.60. The number of rotatable bonds is 9. The highest BCUT2D eigenvalue weighted by Crippen LogP contribution is 2.42. The number of halogens is 2. The van der Waals surface area contributed by atoms with Gasteiger partial charge in [-0.3, -0.25) is 14.9 Å². The Kier molecular flexibility index (Phi) is 8.42. The zero-order valence-corrected chi connectivity index (χ0v) is 23.4. The summed E-state index contributed by atoms with van der Waals surface area (Å²) in [6, 6.07) is 10.7. The Morgan fingerprint density at radius 1 is 1.21 bits per heavy atom. The van der Waals surface area contributed by atoms with Crippen LogP contribution in [0.5, 0.6) is 0 Å². The summed E-state index contributed by atoms with van der Waals surface area (Å²) in [5, 5.41) is 5.74. The lowest BCUT2D eigenvalue weighted by Crippen LogP contribution is -2.43. The van der Waals surface area contributed by atoms with Crippen LogP contribution >= 0.6 is 0 Å². The van der Waals surface area contributed by atoms with Crippen LogP contribution < -0.4 is 16.4 Å². The molecule has 0 aromatic heterocycles. The summed E-state index contributed by atoms with van der Waals surface area (Å²) in [4.78, 5) is 29.3. The Hall–Kier alpha value is -3.29. The normalized spacial score (nSPS) is 19.2. The molecule has 0 saturated carbocycles. The predicted molar refractivity (Wildman–Crippen MR) is 150 cm³/mol. The smallest absolute Gasteiger partial charge is 0.273 e. The molecule has 2 aromatic carbocycles. The number of nitrogens with one attached hydrogen (secondary N) is 2. The van der Waals surface area contributed by atoms with Gasteiger partial charge in [-0.25, -0.2) is 13.8 Å². The standard InChI is InChI=1S/C31H40F2N4O2/c1-19-9-10-20(7-5-6-8-23-17-27(38)37-29(34)35-23)15-24(19)26(18-30(2,3)4)36-28(39)22-11-12-25-21(16-22)13-14-31(25,32)33/h9-12,15-16,23,26H,5-8,13-14,17-18H2,1-4H3,(H,36,39)(H3,34,35,37,38). The number of nitrogens with two attached hydrogens (primary N) is 1. The number of unbranched alkanes of at least 4 members (excludes halogenated alkanes) is 1. The first-order valence-electron chi connectivity index (χ1n) is 13.9. The van der Waals surface area contributed by atoms with Crippen LogP contribution in [0.1, 0.15) is 104 Å². The van der Waals surface area contributed by atoms with Crippen molar-refractivity contribution in [3.8, 4) is 0 Å². The van der Waals surface area contributed by atoms with Gasteiger partial charge in [0.15, 0.2) is 5.96 Å². The van der Waals surface area contributed by atoms with Gasteiger partial charge in [-0.1, -0.05) is 51.5 Å². The summed E-state index contributed by atoms with van der Waals surface area (Å²) in [6.45, 7) is 8.48. The van der Waals surface area contributed by atoms with Crippen molar-refractivity contribution >= 4 is 17.8 Å². The van der Waals surface area contributed by atoms with E-state index in [4.69, 9.17) is 5.73 Å². The minimum atomic E-state index is -2.82. The molecule has 2 amide bonds. The van der Waals surface area contributed by atoms with Gasteiger partial charge in [0, 0.05) is 24.0 Å². The van der Waals surface area contributed by atoms with Gasteiger partial charge in [0.1, 0.15) is 0 Å². The highest BCUT2D eigenvalue weighted by molar-refractivity contribution is 5.98. The minimum Gasteiger partial charge on any atom is -0.370 e. The number of aryl methyl sites for hydroxylation is 3. The average molecular weight is 539 g/mol. The maximum atomic E-state index is 14.1. The van der Waals surface area contributed by atoms with Gasteiger partial charge in [0.2, 0.25) is 5.91 Å².